The number of nitrogens with zero attached hydrogens (tertiary/aromatic N) is 1. The molecule has 0 radical (unpaired) electrons. The van der Waals surface area contributed by atoms with E-state index < -0.39 is 12.0 Å². The number of carbonyl (C=O) groups excluding carboxylic acids is 1. The van der Waals surface area contributed by atoms with Gasteiger partial charge in [0, 0.05) is 22.0 Å². The number of nitrogens with one attached hydrogen (secondary N) is 1. The second-order valence-corrected chi connectivity index (χ2v) is 6.03. The van der Waals surface area contributed by atoms with Crippen LogP contribution in [-0.2, 0) is 4.79 Å². The maximum absolute atomic E-state index is 12.5. The number of aliphatic carboxylic acids is 1. The number of carboxylic acid groups (broad SMARTS) is 1. The highest BCUT2D eigenvalue weighted by molar-refractivity contribution is 7.10. The molecule has 0 saturated carbocycles. The van der Waals surface area contributed by atoms with Gasteiger partial charge in [0.1, 0.15) is 0 Å². The molecule has 1 aromatic carbocycles. The van der Waals surface area contributed by atoms with E-state index in [4.69, 9.17) is 5.11 Å². The van der Waals surface area contributed by atoms with Crippen LogP contribution in [0.2, 0.25) is 0 Å². The first-order valence-electron chi connectivity index (χ1n) is 7.04. The summed E-state index contributed by atoms with van der Waals surface area (Å²) >= 11 is 1.42. The Balaban J connectivity index is 1.83. The van der Waals surface area contributed by atoms with Gasteiger partial charge < -0.3 is 10.4 Å². The van der Waals surface area contributed by atoms with Crippen LogP contribution in [-0.4, -0.2) is 22.0 Å². The first-order valence-corrected chi connectivity index (χ1v) is 7.92. The highest BCUT2D eigenvalue weighted by Gasteiger charge is 2.19. The zero-order chi connectivity index (χ0) is 16.2. The molecule has 2 heterocycles. The van der Waals surface area contributed by atoms with Crippen molar-refractivity contribution < 1.29 is 14.7 Å². The molecule has 3 aromatic rings. The van der Waals surface area contributed by atoms with E-state index in [1.54, 1.807) is 24.4 Å². The van der Waals surface area contributed by atoms with Crippen molar-refractivity contribution in [1.29, 1.82) is 0 Å². The van der Waals surface area contributed by atoms with Crippen LogP contribution in [0.5, 0.6) is 0 Å². The van der Waals surface area contributed by atoms with Crippen molar-refractivity contribution in [2.75, 3.05) is 0 Å². The van der Waals surface area contributed by atoms with E-state index in [0.29, 0.717) is 5.56 Å². The van der Waals surface area contributed by atoms with Crippen molar-refractivity contribution in [3.63, 3.8) is 0 Å². The number of hydrogen-bond donors (Lipinski definition) is 2. The third kappa shape index (κ3) is 3.54. The van der Waals surface area contributed by atoms with Gasteiger partial charge in [0.05, 0.1) is 18.0 Å². The van der Waals surface area contributed by atoms with Crippen molar-refractivity contribution in [3.05, 3.63) is 64.5 Å². The lowest BCUT2D eigenvalue weighted by Crippen LogP contribution is -2.29. The fourth-order valence-electron chi connectivity index (χ4n) is 2.35. The normalized spacial score (nSPS) is 12.0. The van der Waals surface area contributed by atoms with Gasteiger partial charge in [-0.1, -0.05) is 12.1 Å². The third-order valence-electron chi connectivity index (χ3n) is 3.44. The van der Waals surface area contributed by atoms with Gasteiger partial charge in [0.25, 0.3) is 5.91 Å². The van der Waals surface area contributed by atoms with Gasteiger partial charge in [0.15, 0.2) is 0 Å². The molecular formula is C17H14N2O3S. The molecule has 1 amide bonds. The Morgan fingerprint density at radius 2 is 2.09 bits per heavy atom. The number of hydrogen-bond acceptors (Lipinski definition) is 4. The zero-order valence-electron chi connectivity index (χ0n) is 12.1. The SMILES string of the molecule is O=C(O)C[C@H](NC(=O)c1ccc2ncccc2c1)c1cccs1. The van der Waals surface area contributed by atoms with Crippen LogP contribution in [0.4, 0.5) is 0 Å². The van der Waals surface area contributed by atoms with Crippen LogP contribution in [0.25, 0.3) is 10.9 Å². The standard InChI is InChI=1S/C17H14N2O3S/c20-16(21)10-14(15-4-2-8-23-15)19-17(22)12-5-6-13-11(9-12)3-1-7-18-13/h1-9,14H,10H2,(H,19,22)(H,20,21)/t14-/m0/s1. The molecule has 0 aliphatic carbocycles. The Labute approximate surface area is 136 Å². The first kappa shape index (κ1) is 15.2. The molecule has 0 spiro atoms. The lowest BCUT2D eigenvalue weighted by Gasteiger charge is -2.15. The van der Waals surface area contributed by atoms with E-state index in [-0.39, 0.29) is 12.3 Å². The molecule has 23 heavy (non-hydrogen) atoms. The highest BCUT2D eigenvalue weighted by atomic mass is 32.1. The van der Waals surface area contributed by atoms with Gasteiger partial charge in [-0.15, -0.1) is 11.3 Å². The van der Waals surface area contributed by atoms with Crippen LogP contribution < -0.4 is 5.32 Å². The maximum atomic E-state index is 12.5. The number of amides is 1. The van der Waals surface area contributed by atoms with Crippen molar-refractivity contribution in [2.45, 2.75) is 12.5 Å². The van der Waals surface area contributed by atoms with E-state index in [1.165, 1.54) is 11.3 Å². The molecule has 0 fully saturated rings. The molecule has 0 bridgehead atoms. The minimum atomic E-state index is -0.952. The number of benzene rings is 1. The minimum Gasteiger partial charge on any atom is -0.481 e. The molecule has 0 saturated heterocycles. The number of fused-ring (bicyclic) bond motifs is 1. The predicted octanol–water partition coefficient (Wildman–Crippen LogP) is 3.24. The molecular weight excluding hydrogens is 312 g/mol. The van der Waals surface area contributed by atoms with Gasteiger partial charge in [-0.05, 0) is 35.7 Å². The summed E-state index contributed by atoms with van der Waals surface area (Å²) in [5, 5.41) is 14.6. The Hall–Kier alpha value is -2.73. The molecule has 2 N–H and O–H groups in total. The van der Waals surface area contributed by atoms with Crippen LogP contribution in [0.1, 0.15) is 27.7 Å². The van der Waals surface area contributed by atoms with Gasteiger partial charge in [-0.25, -0.2) is 0 Å². The largest absolute Gasteiger partial charge is 0.481 e. The number of thiophene rings is 1. The van der Waals surface area contributed by atoms with Gasteiger partial charge in [0.2, 0.25) is 0 Å². The van der Waals surface area contributed by atoms with Gasteiger partial charge >= 0.3 is 5.97 Å². The topological polar surface area (TPSA) is 79.3 Å². The fourth-order valence-corrected chi connectivity index (χ4v) is 3.12. The third-order valence-corrected chi connectivity index (χ3v) is 4.42. The number of rotatable bonds is 5. The summed E-state index contributed by atoms with van der Waals surface area (Å²) in [6, 6.07) is 12.0. The van der Waals surface area contributed by atoms with Crippen molar-refractivity contribution in [2.24, 2.45) is 0 Å². The lowest BCUT2D eigenvalue weighted by molar-refractivity contribution is -0.137. The van der Waals surface area contributed by atoms with Crippen LogP contribution in [0, 0.1) is 0 Å². The number of carboxylic acids is 1. The smallest absolute Gasteiger partial charge is 0.305 e. The summed E-state index contributed by atoms with van der Waals surface area (Å²) in [6.07, 6.45) is 1.54. The molecule has 0 aliphatic rings. The molecule has 6 heteroatoms. The van der Waals surface area contributed by atoms with E-state index in [9.17, 15) is 9.59 Å². The lowest BCUT2D eigenvalue weighted by atomic mass is 10.1. The molecule has 0 aliphatic heterocycles. The maximum Gasteiger partial charge on any atom is 0.305 e. The Morgan fingerprint density at radius 1 is 1.22 bits per heavy atom. The monoisotopic (exact) mass is 326 g/mol. The first-order chi connectivity index (χ1) is 11.1. The zero-order valence-corrected chi connectivity index (χ0v) is 12.9. The van der Waals surface area contributed by atoms with Crippen molar-refractivity contribution in [1.82, 2.24) is 10.3 Å². The second kappa shape index (κ2) is 6.58. The van der Waals surface area contributed by atoms with Crippen molar-refractivity contribution >= 4 is 34.1 Å². The summed E-state index contributed by atoms with van der Waals surface area (Å²) in [7, 11) is 0. The molecule has 2 aromatic heterocycles. The summed E-state index contributed by atoms with van der Waals surface area (Å²) < 4.78 is 0. The number of pyridine rings is 1. The number of carbonyl (C=O) groups is 2. The molecule has 0 unspecified atom stereocenters. The molecule has 3 rings (SSSR count). The van der Waals surface area contributed by atoms with Crippen LogP contribution in [0.3, 0.4) is 0 Å². The second-order valence-electron chi connectivity index (χ2n) is 5.05. The van der Waals surface area contributed by atoms with E-state index >= 15 is 0 Å². The van der Waals surface area contributed by atoms with Gasteiger partial charge in [-0.3, -0.25) is 14.6 Å². The summed E-state index contributed by atoms with van der Waals surface area (Å²) in [5.41, 5.74) is 1.29. The Kier molecular flexibility index (Phi) is 4.34. The summed E-state index contributed by atoms with van der Waals surface area (Å²) in [5.74, 6) is -1.25. The average molecular weight is 326 g/mol. The Bertz CT molecular complexity index is 846. The van der Waals surface area contributed by atoms with E-state index in [2.05, 4.69) is 10.3 Å². The summed E-state index contributed by atoms with van der Waals surface area (Å²) in [6.45, 7) is 0. The molecule has 1 atom stereocenters. The van der Waals surface area contributed by atoms with E-state index in [1.807, 2.05) is 29.6 Å². The van der Waals surface area contributed by atoms with Gasteiger partial charge in [-0.2, -0.15) is 0 Å². The Morgan fingerprint density at radius 3 is 2.83 bits per heavy atom. The van der Waals surface area contributed by atoms with Crippen LogP contribution in [0.15, 0.2) is 54.0 Å². The van der Waals surface area contributed by atoms with E-state index in [0.717, 1.165) is 15.8 Å². The quantitative estimate of drug-likeness (QED) is 0.754. The highest BCUT2D eigenvalue weighted by Crippen LogP contribution is 2.23. The van der Waals surface area contributed by atoms with Crippen molar-refractivity contribution in [3.8, 4) is 0 Å². The fraction of sp³-hybridized carbons (Fsp3) is 0.118. The van der Waals surface area contributed by atoms with Crippen LogP contribution >= 0.6 is 11.3 Å². The number of aromatic nitrogens is 1. The minimum absolute atomic E-state index is 0.151. The average Bonchev–Trinajstić information content (AvgIpc) is 3.07. The summed E-state index contributed by atoms with van der Waals surface area (Å²) in [4.78, 5) is 28.5. The molecule has 116 valence electrons. The molecule has 5 nitrogen and oxygen atoms in total. The predicted molar refractivity (Wildman–Crippen MR) is 88.5 cm³/mol.